The Balaban J connectivity index is 1.95. The molecule has 0 amide bonds. The van der Waals surface area contributed by atoms with Crippen LogP contribution in [-0.2, 0) is 0 Å². The van der Waals surface area contributed by atoms with E-state index in [1.54, 1.807) is 18.3 Å². The quantitative estimate of drug-likeness (QED) is 0.790. The summed E-state index contributed by atoms with van der Waals surface area (Å²) in [7, 11) is 0. The van der Waals surface area contributed by atoms with Crippen LogP contribution in [0.15, 0.2) is 18.3 Å². The van der Waals surface area contributed by atoms with Gasteiger partial charge in [0.2, 0.25) is 0 Å². The molecule has 1 atom stereocenters. The van der Waals surface area contributed by atoms with Crippen LogP contribution < -0.4 is 14.8 Å². The summed E-state index contributed by atoms with van der Waals surface area (Å²) >= 11 is 0. The second kappa shape index (κ2) is 6.02. The topological polar surface area (TPSA) is 63.6 Å². The van der Waals surface area contributed by atoms with Gasteiger partial charge in [0.1, 0.15) is 13.2 Å². The normalized spacial score (nSPS) is 23.0. The molecule has 0 bridgehead atoms. The second-order valence-corrected chi connectivity index (χ2v) is 4.76. The minimum absolute atomic E-state index is 0.0196. The van der Waals surface area contributed by atoms with Crippen LogP contribution in [0.1, 0.15) is 19.8 Å². The number of aromatic nitrogens is 1. The molecule has 5 heteroatoms. The van der Waals surface area contributed by atoms with E-state index in [9.17, 15) is 0 Å². The molecule has 0 spiro atoms. The average Bonchev–Trinajstić information content (AvgIpc) is 2.82. The smallest absolute Gasteiger partial charge is 0.257 e. The van der Waals surface area contributed by atoms with Crippen LogP contribution in [-0.4, -0.2) is 42.0 Å². The molecule has 0 saturated carbocycles. The standard InChI is InChI=1S/C13H20N2O3/c1-13(5-3-7-15-13)10-18-12-11(17-9-8-16)4-2-6-14-12/h2,4,6,15-16H,3,5,7-10H2,1H3/t13-/m0/s1. The van der Waals surface area contributed by atoms with Gasteiger partial charge in [-0.1, -0.05) is 0 Å². The Kier molecular flexibility index (Phi) is 4.38. The molecule has 2 heterocycles. The first kappa shape index (κ1) is 13.1. The van der Waals surface area contributed by atoms with E-state index >= 15 is 0 Å². The maximum absolute atomic E-state index is 8.77. The van der Waals surface area contributed by atoms with E-state index in [4.69, 9.17) is 14.6 Å². The summed E-state index contributed by atoms with van der Waals surface area (Å²) in [6.07, 6.45) is 3.95. The third kappa shape index (κ3) is 3.34. The van der Waals surface area contributed by atoms with E-state index < -0.39 is 0 Å². The van der Waals surface area contributed by atoms with E-state index in [2.05, 4.69) is 17.2 Å². The zero-order chi connectivity index (χ0) is 12.8. The van der Waals surface area contributed by atoms with Gasteiger partial charge in [-0.15, -0.1) is 0 Å². The van der Waals surface area contributed by atoms with Gasteiger partial charge in [-0.3, -0.25) is 0 Å². The number of aliphatic hydroxyl groups excluding tert-OH is 1. The molecule has 1 aromatic heterocycles. The highest BCUT2D eigenvalue weighted by atomic mass is 16.5. The summed E-state index contributed by atoms with van der Waals surface area (Å²) in [6, 6.07) is 3.58. The highest BCUT2D eigenvalue weighted by Gasteiger charge is 2.29. The van der Waals surface area contributed by atoms with Crippen LogP contribution in [0, 0.1) is 0 Å². The summed E-state index contributed by atoms with van der Waals surface area (Å²) in [4.78, 5) is 4.17. The van der Waals surface area contributed by atoms with Crippen LogP contribution in [0.4, 0.5) is 0 Å². The Bertz CT molecular complexity index is 378. The lowest BCUT2D eigenvalue weighted by Gasteiger charge is -2.24. The van der Waals surface area contributed by atoms with Crippen molar-refractivity contribution in [1.29, 1.82) is 0 Å². The summed E-state index contributed by atoms with van der Waals surface area (Å²) in [5, 5.41) is 12.2. The van der Waals surface area contributed by atoms with E-state index in [1.165, 1.54) is 6.42 Å². The Morgan fingerprint density at radius 1 is 1.50 bits per heavy atom. The van der Waals surface area contributed by atoms with E-state index in [-0.39, 0.29) is 18.8 Å². The van der Waals surface area contributed by atoms with Crippen molar-refractivity contribution >= 4 is 0 Å². The van der Waals surface area contributed by atoms with Gasteiger partial charge in [0.15, 0.2) is 5.75 Å². The number of nitrogens with zero attached hydrogens (tertiary/aromatic N) is 1. The molecule has 18 heavy (non-hydrogen) atoms. The van der Waals surface area contributed by atoms with Gasteiger partial charge in [-0.2, -0.15) is 0 Å². The second-order valence-electron chi connectivity index (χ2n) is 4.76. The average molecular weight is 252 g/mol. The molecule has 0 aromatic carbocycles. The molecular formula is C13H20N2O3. The summed E-state index contributed by atoms with van der Waals surface area (Å²) in [6.45, 7) is 3.98. The zero-order valence-corrected chi connectivity index (χ0v) is 10.7. The largest absolute Gasteiger partial charge is 0.486 e. The van der Waals surface area contributed by atoms with Crippen molar-refractivity contribution in [2.24, 2.45) is 0 Å². The van der Waals surface area contributed by atoms with Crippen molar-refractivity contribution < 1.29 is 14.6 Å². The molecule has 5 nitrogen and oxygen atoms in total. The van der Waals surface area contributed by atoms with E-state index in [0.29, 0.717) is 18.2 Å². The van der Waals surface area contributed by atoms with Crippen LogP contribution in [0.2, 0.25) is 0 Å². The number of ether oxygens (including phenoxy) is 2. The summed E-state index contributed by atoms with van der Waals surface area (Å²) in [5.41, 5.74) is 0.0196. The van der Waals surface area contributed by atoms with Gasteiger partial charge in [0.25, 0.3) is 5.88 Å². The third-order valence-corrected chi connectivity index (χ3v) is 3.07. The van der Waals surface area contributed by atoms with Gasteiger partial charge in [-0.05, 0) is 38.4 Å². The first-order valence-corrected chi connectivity index (χ1v) is 6.30. The Labute approximate surface area is 107 Å². The molecule has 100 valence electrons. The van der Waals surface area contributed by atoms with Gasteiger partial charge in [0, 0.05) is 11.7 Å². The number of rotatable bonds is 6. The third-order valence-electron chi connectivity index (χ3n) is 3.07. The Morgan fingerprint density at radius 3 is 3.11 bits per heavy atom. The van der Waals surface area contributed by atoms with Crippen LogP contribution in [0.25, 0.3) is 0 Å². The van der Waals surface area contributed by atoms with E-state index in [1.807, 2.05) is 0 Å². The maximum atomic E-state index is 8.77. The molecule has 0 radical (unpaired) electrons. The van der Waals surface area contributed by atoms with Gasteiger partial charge in [-0.25, -0.2) is 4.98 Å². The first-order chi connectivity index (χ1) is 8.73. The van der Waals surface area contributed by atoms with Gasteiger partial charge in [0.05, 0.1) is 6.61 Å². The highest BCUT2D eigenvalue weighted by Crippen LogP contribution is 2.26. The fourth-order valence-corrected chi connectivity index (χ4v) is 2.06. The van der Waals surface area contributed by atoms with Crippen molar-refractivity contribution in [2.45, 2.75) is 25.3 Å². The van der Waals surface area contributed by atoms with Crippen molar-refractivity contribution in [3.05, 3.63) is 18.3 Å². The number of pyridine rings is 1. The number of nitrogens with one attached hydrogen (secondary N) is 1. The predicted molar refractivity (Wildman–Crippen MR) is 68.0 cm³/mol. The lowest BCUT2D eigenvalue weighted by Crippen LogP contribution is -2.42. The molecule has 1 aliphatic rings. The van der Waals surface area contributed by atoms with Crippen LogP contribution in [0.3, 0.4) is 0 Å². The SMILES string of the molecule is C[C@@]1(COc2ncccc2OCCO)CCCN1. The Morgan fingerprint density at radius 2 is 2.39 bits per heavy atom. The summed E-state index contributed by atoms with van der Waals surface area (Å²) in [5.74, 6) is 1.06. The van der Waals surface area contributed by atoms with Gasteiger partial charge < -0.3 is 19.9 Å². The number of hydrogen-bond acceptors (Lipinski definition) is 5. The van der Waals surface area contributed by atoms with Crippen molar-refractivity contribution in [3.63, 3.8) is 0 Å². The fourth-order valence-electron chi connectivity index (χ4n) is 2.06. The minimum atomic E-state index is -0.0202. The maximum Gasteiger partial charge on any atom is 0.257 e. The summed E-state index contributed by atoms with van der Waals surface area (Å²) < 4.78 is 11.1. The molecule has 2 N–H and O–H groups in total. The van der Waals surface area contributed by atoms with Gasteiger partial charge >= 0.3 is 0 Å². The molecule has 1 aliphatic heterocycles. The zero-order valence-electron chi connectivity index (χ0n) is 10.7. The van der Waals surface area contributed by atoms with E-state index in [0.717, 1.165) is 13.0 Å². The molecular weight excluding hydrogens is 232 g/mol. The number of hydrogen-bond donors (Lipinski definition) is 2. The van der Waals surface area contributed by atoms with Crippen molar-refractivity contribution in [2.75, 3.05) is 26.4 Å². The first-order valence-electron chi connectivity index (χ1n) is 6.30. The molecule has 1 fully saturated rings. The molecule has 2 rings (SSSR count). The van der Waals surface area contributed by atoms with Crippen LogP contribution in [0.5, 0.6) is 11.6 Å². The molecule has 1 saturated heterocycles. The molecule has 0 unspecified atom stereocenters. The lowest BCUT2D eigenvalue weighted by molar-refractivity contribution is 0.175. The minimum Gasteiger partial charge on any atom is -0.486 e. The Hall–Kier alpha value is -1.33. The molecule has 0 aliphatic carbocycles. The fraction of sp³-hybridized carbons (Fsp3) is 0.615. The molecule has 1 aromatic rings. The van der Waals surface area contributed by atoms with Crippen molar-refractivity contribution in [3.8, 4) is 11.6 Å². The highest BCUT2D eigenvalue weighted by molar-refractivity contribution is 5.32. The predicted octanol–water partition coefficient (Wildman–Crippen LogP) is 0.974. The monoisotopic (exact) mass is 252 g/mol. The number of aliphatic hydroxyl groups is 1. The lowest BCUT2D eigenvalue weighted by atomic mass is 10.0. The van der Waals surface area contributed by atoms with Crippen LogP contribution >= 0.6 is 0 Å². The van der Waals surface area contributed by atoms with Crippen molar-refractivity contribution in [1.82, 2.24) is 10.3 Å².